The molecule has 0 aliphatic rings. The predicted molar refractivity (Wildman–Crippen MR) is 101 cm³/mol. The average molecular weight is 336 g/mol. The lowest BCUT2D eigenvalue weighted by Gasteiger charge is -2.23. The van der Waals surface area contributed by atoms with Gasteiger partial charge in [-0.15, -0.1) is 0 Å². The van der Waals surface area contributed by atoms with Crippen molar-refractivity contribution in [2.75, 3.05) is 5.32 Å². The number of pyridine rings is 1. The number of benzene rings is 1. The Bertz CT molecular complexity index is 834. The molecule has 1 aromatic carbocycles. The summed E-state index contributed by atoms with van der Waals surface area (Å²) in [6.45, 7) is 6.81. The monoisotopic (exact) mass is 336 g/mol. The van der Waals surface area contributed by atoms with E-state index in [4.69, 9.17) is 4.74 Å². The van der Waals surface area contributed by atoms with Crippen molar-refractivity contribution in [1.29, 1.82) is 0 Å². The third-order valence-electron chi connectivity index (χ3n) is 3.63. The van der Waals surface area contributed by atoms with Gasteiger partial charge in [0, 0.05) is 43.3 Å². The van der Waals surface area contributed by atoms with Gasteiger partial charge in [-0.1, -0.05) is 12.1 Å². The summed E-state index contributed by atoms with van der Waals surface area (Å²) in [5.41, 5.74) is 3.88. The van der Waals surface area contributed by atoms with Gasteiger partial charge in [-0.2, -0.15) is 5.10 Å². The van der Waals surface area contributed by atoms with E-state index in [0.29, 0.717) is 6.54 Å². The molecule has 3 aromatic rings. The van der Waals surface area contributed by atoms with Crippen molar-refractivity contribution in [3.8, 4) is 17.0 Å². The number of hydrogen-bond donors (Lipinski definition) is 1. The minimum atomic E-state index is -0.242. The molecule has 0 spiro atoms. The highest BCUT2D eigenvalue weighted by molar-refractivity contribution is 5.63. The lowest BCUT2D eigenvalue weighted by Crippen LogP contribution is -2.23. The van der Waals surface area contributed by atoms with E-state index in [1.165, 1.54) is 0 Å². The van der Waals surface area contributed by atoms with Crippen LogP contribution in [0.2, 0.25) is 0 Å². The summed E-state index contributed by atoms with van der Waals surface area (Å²) in [5.74, 6) is 0.851. The second-order valence-corrected chi connectivity index (χ2v) is 6.98. The molecule has 0 fully saturated rings. The van der Waals surface area contributed by atoms with Crippen LogP contribution in [0.3, 0.4) is 0 Å². The number of anilines is 1. The van der Waals surface area contributed by atoms with Crippen LogP contribution in [-0.2, 0) is 13.6 Å². The van der Waals surface area contributed by atoms with E-state index in [-0.39, 0.29) is 5.60 Å². The van der Waals surface area contributed by atoms with Crippen LogP contribution in [0.25, 0.3) is 11.3 Å². The van der Waals surface area contributed by atoms with Crippen molar-refractivity contribution in [2.45, 2.75) is 32.9 Å². The van der Waals surface area contributed by atoms with Crippen molar-refractivity contribution < 1.29 is 4.74 Å². The van der Waals surface area contributed by atoms with Crippen LogP contribution >= 0.6 is 0 Å². The van der Waals surface area contributed by atoms with Crippen LogP contribution < -0.4 is 10.1 Å². The molecule has 0 aliphatic heterocycles. The largest absolute Gasteiger partial charge is 0.486 e. The fourth-order valence-corrected chi connectivity index (χ4v) is 2.64. The van der Waals surface area contributed by atoms with Crippen molar-refractivity contribution in [3.63, 3.8) is 0 Å². The molecule has 5 heteroatoms. The van der Waals surface area contributed by atoms with Crippen molar-refractivity contribution in [1.82, 2.24) is 14.8 Å². The Balaban J connectivity index is 1.82. The van der Waals surface area contributed by atoms with Gasteiger partial charge < -0.3 is 10.1 Å². The molecule has 5 nitrogen and oxygen atoms in total. The highest BCUT2D eigenvalue weighted by atomic mass is 16.5. The Morgan fingerprint density at radius 1 is 1.08 bits per heavy atom. The number of nitrogens with one attached hydrogen (secondary N) is 1. The van der Waals surface area contributed by atoms with Crippen LogP contribution in [-0.4, -0.2) is 20.4 Å². The maximum Gasteiger partial charge on any atom is 0.143 e. The smallest absolute Gasteiger partial charge is 0.143 e. The Labute approximate surface area is 148 Å². The molecular weight excluding hydrogens is 312 g/mol. The third-order valence-corrected chi connectivity index (χ3v) is 3.63. The number of aryl methyl sites for hydroxylation is 1. The normalized spacial score (nSPS) is 11.4. The number of nitrogens with zero attached hydrogens (tertiary/aromatic N) is 3. The molecule has 0 radical (unpaired) electrons. The molecule has 0 saturated heterocycles. The number of ether oxygens (including phenoxy) is 1. The SMILES string of the molecule is Cn1cc(CNc2ccccc2OC(C)(C)C)c(-c2ccncc2)n1. The molecule has 1 N–H and O–H groups in total. The van der Waals surface area contributed by atoms with Crippen molar-refractivity contribution in [2.24, 2.45) is 7.05 Å². The second kappa shape index (κ2) is 6.97. The van der Waals surface area contributed by atoms with E-state index in [1.807, 2.05) is 75.1 Å². The molecule has 0 saturated carbocycles. The Kier molecular flexibility index (Phi) is 4.74. The highest BCUT2D eigenvalue weighted by Gasteiger charge is 2.15. The third kappa shape index (κ3) is 4.38. The Hall–Kier alpha value is -2.82. The van der Waals surface area contributed by atoms with Gasteiger partial charge in [0.1, 0.15) is 11.4 Å². The van der Waals surface area contributed by atoms with Crippen LogP contribution in [0.4, 0.5) is 5.69 Å². The first-order valence-corrected chi connectivity index (χ1v) is 8.37. The number of aromatic nitrogens is 3. The Morgan fingerprint density at radius 2 is 1.80 bits per heavy atom. The van der Waals surface area contributed by atoms with Crippen LogP contribution in [0.1, 0.15) is 26.3 Å². The summed E-state index contributed by atoms with van der Waals surface area (Å²) < 4.78 is 7.89. The lowest BCUT2D eigenvalue weighted by molar-refractivity contribution is 0.132. The van der Waals surface area contributed by atoms with Gasteiger partial charge >= 0.3 is 0 Å². The van der Waals surface area contributed by atoms with Crippen LogP contribution in [0.15, 0.2) is 55.0 Å². The maximum absolute atomic E-state index is 6.05. The molecule has 130 valence electrons. The van der Waals surface area contributed by atoms with E-state index in [0.717, 1.165) is 28.3 Å². The maximum atomic E-state index is 6.05. The summed E-state index contributed by atoms with van der Waals surface area (Å²) in [7, 11) is 1.94. The zero-order valence-corrected chi connectivity index (χ0v) is 15.2. The fraction of sp³-hybridized carbons (Fsp3) is 0.300. The van der Waals surface area contributed by atoms with Crippen molar-refractivity contribution >= 4 is 5.69 Å². The van der Waals surface area contributed by atoms with E-state index < -0.39 is 0 Å². The molecule has 0 unspecified atom stereocenters. The first-order valence-electron chi connectivity index (χ1n) is 8.37. The molecule has 25 heavy (non-hydrogen) atoms. The van der Waals surface area contributed by atoms with Gasteiger partial charge in [0.2, 0.25) is 0 Å². The van der Waals surface area contributed by atoms with Crippen LogP contribution in [0.5, 0.6) is 5.75 Å². The standard InChI is InChI=1S/C20H24N4O/c1-20(2,3)25-18-8-6-5-7-17(18)22-13-16-14-24(4)23-19(16)15-9-11-21-12-10-15/h5-12,14,22H,13H2,1-4H3. The van der Waals surface area contributed by atoms with E-state index in [2.05, 4.69) is 15.4 Å². The molecule has 3 rings (SSSR count). The zero-order valence-electron chi connectivity index (χ0n) is 15.2. The van der Waals surface area contributed by atoms with Gasteiger partial charge in [0.05, 0.1) is 11.4 Å². The minimum Gasteiger partial charge on any atom is -0.486 e. The second-order valence-electron chi connectivity index (χ2n) is 6.98. The molecule has 2 heterocycles. The topological polar surface area (TPSA) is 52.0 Å². The zero-order chi connectivity index (χ0) is 17.9. The summed E-state index contributed by atoms with van der Waals surface area (Å²) >= 11 is 0. The number of rotatable bonds is 5. The lowest BCUT2D eigenvalue weighted by atomic mass is 10.1. The molecule has 0 atom stereocenters. The fourth-order valence-electron chi connectivity index (χ4n) is 2.64. The van der Waals surface area contributed by atoms with Crippen molar-refractivity contribution in [3.05, 3.63) is 60.6 Å². The van der Waals surface area contributed by atoms with Gasteiger partial charge in [0.25, 0.3) is 0 Å². The van der Waals surface area contributed by atoms with Gasteiger partial charge in [-0.05, 0) is 45.0 Å². The quantitative estimate of drug-likeness (QED) is 0.756. The molecule has 0 bridgehead atoms. The van der Waals surface area contributed by atoms with Gasteiger partial charge in [-0.25, -0.2) is 0 Å². The minimum absolute atomic E-state index is 0.242. The van der Waals surface area contributed by atoms with Crippen LogP contribution in [0, 0.1) is 0 Å². The molecular formula is C20H24N4O. The molecule has 0 amide bonds. The molecule has 2 aromatic heterocycles. The summed E-state index contributed by atoms with van der Waals surface area (Å²) in [6.07, 6.45) is 5.61. The summed E-state index contributed by atoms with van der Waals surface area (Å²) in [5, 5.41) is 8.07. The van der Waals surface area contributed by atoms with Gasteiger partial charge in [-0.3, -0.25) is 9.67 Å². The average Bonchev–Trinajstić information content (AvgIpc) is 2.94. The number of hydrogen-bond acceptors (Lipinski definition) is 4. The Morgan fingerprint density at radius 3 is 2.52 bits per heavy atom. The van der Waals surface area contributed by atoms with Gasteiger partial charge in [0.15, 0.2) is 0 Å². The van der Waals surface area contributed by atoms with E-state index in [9.17, 15) is 0 Å². The highest BCUT2D eigenvalue weighted by Crippen LogP contribution is 2.29. The summed E-state index contributed by atoms with van der Waals surface area (Å²) in [4.78, 5) is 4.08. The van der Waals surface area contributed by atoms with E-state index in [1.54, 1.807) is 12.4 Å². The molecule has 0 aliphatic carbocycles. The number of para-hydroxylation sites is 2. The summed E-state index contributed by atoms with van der Waals surface area (Å²) in [6, 6.07) is 12.0. The predicted octanol–water partition coefficient (Wildman–Crippen LogP) is 4.27. The first kappa shape index (κ1) is 17.0. The first-order chi connectivity index (χ1) is 11.9. The van der Waals surface area contributed by atoms with E-state index >= 15 is 0 Å².